The van der Waals surface area contributed by atoms with E-state index in [1.165, 1.54) is 12.8 Å². The first-order valence-electron chi connectivity index (χ1n) is 7.29. The Balaban J connectivity index is 1.77. The molecular formula is C15H17F3N4. The maximum Gasteiger partial charge on any atom is 0.451 e. The lowest BCUT2D eigenvalue weighted by Gasteiger charge is -2.24. The van der Waals surface area contributed by atoms with Crippen LogP contribution in [0.5, 0.6) is 0 Å². The van der Waals surface area contributed by atoms with Crippen molar-refractivity contribution in [2.75, 3.05) is 13.1 Å². The van der Waals surface area contributed by atoms with E-state index in [9.17, 15) is 13.2 Å². The number of aromatic nitrogens is 3. The van der Waals surface area contributed by atoms with Crippen molar-refractivity contribution < 1.29 is 13.2 Å². The van der Waals surface area contributed by atoms with Crippen LogP contribution in [0.1, 0.15) is 37.2 Å². The molecule has 4 nitrogen and oxygen atoms in total. The molecule has 0 radical (unpaired) electrons. The predicted octanol–water partition coefficient (Wildman–Crippen LogP) is 3.65. The fourth-order valence-corrected chi connectivity index (χ4v) is 2.77. The van der Waals surface area contributed by atoms with Gasteiger partial charge in [-0.3, -0.25) is 10.00 Å². The Bertz CT molecular complexity index is 627. The highest BCUT2D eigenvalue weighted by Gasteiger charge is 2.35. The topological polar surface area (TPSA) is 44.8 Å². The molecule has 0 bridgehead atoms. The van der Waals surface area contributed by atoms with Crippen molar-refractivity contribution in [3.05, 3.63) is 35.7 Å². The Morgan fingerprint density at radius 1 is 1.14 bits per heavy atom. The highest BCUT2D eigenvalue weighted by atomic mass is 19.4. The normalized spacial score (nSPS) is 17.8. The van der Waals surface area contributed by atoms with E-state index in [4.69, 9.17) is 0 Å². The van der Waals surface area contributed by atoms with Crippen molar-refractivity contribution in [3.63, 3.8) is 0 Å². The van der Waals surface area contributed by atoms with Gasteiger partial charge in [-0.05, 0) is 38.4 Å². The fraction of sp³-hybridized carbons (Fsp3) is 0.467. The van der Waals surface area contributed by atoms with E-state index in [1.54, 1.807) is 12.1 Å². The molecule has 7 heteroatoms. The van der Waals surface area contributed by atoms with E-state index in [-0.39, 0.29) is 5.82 Å². The lowest BCUT2D eigenvalue weighted by atomic mass is 10.0. The van der Waals surface area contributed by atoms with Crippen molar-refractivity contribution in [1.29, 1.82) is 0 Å². The molecular weight excluding hydrogens is 293 g/mol. The minimum Gasteiger partial charge on any atom is -0.297 e. The van der Waals surface area contributed by atoms with Gasteiger partial charge in [0.15, 0.2) is 5.82 Å². The highest BCUT2D eigenvalue weighted by Crippen LogP contribution is 2.29. The van der Waals surface area contributed by atoms with Crippen molar-refractivity contribution in [3.8, 4) is 11.4 Å². The first-order valence-corrected chi connectivity index (χ1v) is 7.29. The van der Waals surface area contributed by atoms with Gasteiger partial charge in [-0.25, -0.2) is 4.98 Å². The molecule has 0 saturated carbocycles. The average molecular weight is 310 g/mol. The van der Waals surface area contributed by atoms with Crippen LogP contribution in [0.2, 0.25) is 0 Å². The van der Waals surface area contributed by atoms with Gasteiger partial charge in [0.25, 0.3) is 0 Å². The Labute approximate surface area is 126 Å². The molecule has 1 atom stereocenters. The van der Waals surface area contributed by atoms with Crippen molar-refractivity contribution in [2.45, 2.75) is 32.0 Å². The van der Waals surface area contributed by atoms with Crippen molar-refractivity contribution in [1.82, 2.24) is 20.1 Å². The summed E-state index contributed by atoms with van der Waals surface area (Å²) in [4.78, 5) is 5.91. The van der Waals surface area contributed by atoms with Crippen LogP contribution in [-0.4, -0.2) is 33.2 Å². The number of alkyl halides is 3. The van der Waals surface area contributed by atoms with Gasteiger partial charge in [0, 0.05) is 11.6 Å². The second kappa shape index (κ2) is 5.72. The zero-order chi connectivity index (χ0) is 15.7. The Kier molecular flexibility index (Phi) is 3.90. The Morgan fingerprint density at radius 2 is 1.77 bits per heavy atom. The number of halogens is 3. The third kappa shape index (κ3) is 2.99. The summed E-state index contributed by atoms with van der Waals surface area (Å²) >= 11 is 0. The van der Waals surface area contributed by atoms with E-state index in [0.717, 1.165) is 18.7 Å². The number of rotatable bonds is 3. The van der Waals surface area contributed by atoms with E-state index < -0.39 is 12.0 Å². The zero-order valence-electron chi connectivity index (χ0n) is 12.2. The summed E-state index contributed by atoms with van der Waals surface area (Å²) in [5.74, 6) is -1.01. The standard InChI is InChI=1S/C15H17F3N4/c1-10(22-8-2-3-9-22)11-4-6-12(7-5-11)13-19-14(21-20-13)15(16,17)18/h4-7,10H,2-3,8-9H2,1H3,(H,19,20,21)/t10-/m1/s1. The van der Waals surface area contributed by atoms with Crippen molar-refractivity contribution >= 4 is 0 Å². The number of benzene rings is 1. The van der Waals surface area contributed by atoms with E-state index in [0.29, 0.717) is 11.6 Å². The lowest BCUT2D eigenvalue weighted by molar-refractivity contribution is -0.144. The molecule has 3 rings (SSSR count). The highest BCUT2D eigenvalue weighted by molar-refractivity contribution is 5.55. The van der Waals surface area contributed by atoms with Gasteiger partial charge in [-0.2, -0.15) is 18.3 Å². The predicted molar refractivity (Wildman–Crippen MR) is 76.0 cm³/mol. The maximum absolute atomic E-state index is 12.5. The molecule has 1 aromatic heterocycles. The minimum absolute atomic E-state index is 0.0627. The molecule has 0 amide bonds. The molecule has 1 saturated heterocycles. The smallest absolute Gasteiger partial charge is 0.297 e. The molecule has 2 heterocycles. The molecule has 1 fully saturated rings. The summed E-state index contributed by atoms with van der Waals surface area (Å²) in [7, 11) is 0. The summed E-state index contributed by atoms with van der Waals surface area (Å²) in [6.07, 6.45) is -2.06. The van der Waals surface area contributed by atoms with Gasteiger partial charge < -0.3 is 0 Å². The number of likely N-dealkylation sites (tertiary alicyclic amines) is 1. The molecule has 2 aromatic rings. The third-order valence-corrected chi connectivity index (χ3v) is 4.09. The Hall–Kier alpha value is -1.89. The number of hydrogen-bond acceptors (Lipinski definition) is 3. The first-order chi connectivity index (χ1) is 10.4. The van der Waals surface area contributed by atoms with E-state index >= 15 is 0 Å². The SMILES string of the molecule is C[C@H](c1ccc(-c2n[nH]c(C(F)(F)F)n2)cc1)N1CCCC1. The molecule has 0 aliphatic carbocycles. The molecule has 0 spiro atoms. The van der Waals surface area contributed by atoms with Crippen LogP contribution in [0.3, 0.4) is 0 Å². The van der Waals surface area contributed by atoms with E-state index in [2.05, 4.69) is 21.9 Å². The molecule has 1 aliphatic rings. The second-order valence-corrected chi connectivity index (χ2v) is 5.55. The van der Waals surface area contributed by atoms with Crippen LogP contribution in [-0.2, 0) is 6.18 Å². The number of aromatic amines is 1. The Morgan fingerprint density at radius 3 is 2.32 bits per heavy atom. The maximum atomic E-state index is 12.5. The fourth-order valence-electron chi connectivity index (χ4n) is 2.77. The van der Waals surface area contributed by atoms with Gasteiger partial charge in [0.1, 0.15) is 0 Å². The van der Waals surface area contributed by atoms with Crippen LogP contribution in [0, 0.1) is 0 Å². The first kappa shape index (κ1) is 15.0. The van der Waals surface area contributed by atoms with Gasteiger partial charge in [0.2, 0.25) is 5.82 Å². The summed E-state index contributed by atoms with van der Waals surface area (Å²) in [5, 5.41) is 5.57. The van der Waals surface area contributed by atoms with Crippen LogP contribution < -0.4 is 0 Å². The second-order valence-electron chi connectivity index (χ2n) is 5.55. The van der Waals surface area contributed by atoms with Crippen LogP contribution in [0.25, 0.3) is 11.4 Å². The monoisotopic (exact) mass is 310 g/mol. The molecule has 1 aromatic carbocycles. The van der Waals surface area contributed by atoms with Gasteiger partial charge >= 0.3 is 6.18 Å². The summed E-state index contributed by atoms with van der Waals surface area (Å²) in [6.45, 7) is 4.34. The van der Waals surface area contributed by atoms with Crippen LogP contribution in [0.4, 0.5) is 13.2 Å². The van der Waals surface area contributed by atoms with Crippen LogP contribution >= 0.6 is 0 Å². The quantitative estimate of drug-likeness (QED) is 0.941. The van der Waals surface area contributed by atoms with Crippen LogP contribution in [0.15, 0.2) is 24.3 Å². The number of H-pyrrole nitrogens is 1. The number of nitrogens with one attached hydrogen (secondary N) is 1. The average Bonchev–Trinajstić information content (AvgIpc) is 3.17. The molecule has 0 unspecified atom stereocenters. The zero-order valence-corrected chi connectivity index (χ0v) is 12.2. The summed E-state index contributed by atoms with van der Waals surface area (Å²) in [5.41, 5.74) is 1.72. The summed E-state index contributed by atoms with van der Waals surface area (Å²) in [6, 6.07) is 7.72. The largest absolute Gasteiger partial charge is 0.451 e. The van der Waals surface area contributed by atoms with Gasteiger partial charge in [-0.1, -0.05) is 24.3 Å². The van der Waals surface area contributed by atoms with E-state index in [1.807, 2.05) is 17.2 Å². The van der Waals surface area contributed by atoms with Gasteiger partial charge in [-0.15, -0.1) is 0 Å². The minimum atomic E-state index is -4.50. The summed E-state index contributed by atoms with van der Waals surface area (Å²) < 4.78 is 37.6. The molecule has 118 valence electrons. The molecule has 22 heavy (non-hydrogen) atoms. The number of hydrogen-bond donors (Lipinski definition) is 1. The lowest BCUT2D eigenvalue weighted by Crippen LogP contribution is -2.23. The number of nitrogens with zero attached hydrogens (tertiary/aromatic N) is 3. The molecule has 1 aliphatic heterocycles. The molecule has 1 N–H and O–H groups in total. The van der Waals surface area contributed by atoms with Crippen molar-refractivity contribution in [2.24, 2.45) is 0 Å². The van der Waals surface area contributed by atoms with Gasteiger partial charge in [0.05, 0.1) is 0 Å². The third-order valence-electron chi connectivity index (χ3n) is 4.09.